The molecule has 2 aromatic rings. The van der Waals surface area contributed by atoms with Gasteiger partial charge in [-0.2, -0.15) is 0 Å². The maximum atomic E-state index is 5.45. The number of hydrogen-bond donors (Lipinski definition) is 0. The Morgan fingerprint density at radius 3 is 2.85 bits per heavy atom. The molecule has 1 atom stereocenters. The second-order valence-electron chi connectivity index (χ2n) is 3.56. The summed E-state index contributed by atoms with van der Waals surface area (Å²) in [5, 5.41) is 0. The molecule has 0 amide bonds. The van der Waals surface area contributed by atoms with Crippen LogP contribution in [0.5, 0.6) is 0 Å². The molecule has 0 N–H and O–H groups in total. The minimum absolute atomic E-state index is 0.434. The molecule has 3 rings (SSSR count). The first kappa shape index (κ1) is 7.01. The zero-order chi connectivity index (χ0) is 8.84. The van der Waals surface area contributed by atoms with Crippen LogP contribution >= 0.6 is 0 Å². The van der Waals surface area contributed by atoms with Crippen LogP contribution in [0.1, 0.15) is 24.4 Å². The van der Waals surface area contributed by atoms with Crippen LogP contribution in [0.2, 0.25) is 0 Å². The molecule has 1 aliphatic carbocycles. The Morgan fingerprint density at radius 2 is 1.92 bits per heavy atom. The van der Waals surface area contributed by atoms with Crippen molar-refractivity contribution >= 4 is 0 Å². The van der Waals surface area contributed by atoms with Crippen LogP contribution in [-0.4, -0.2) is 0 Å². The number of furan rings is 2. The fourth-order valence-electron chi connectivity index (χ4n) is 2.03. The Bertz CT molecular complexity index is 436. The molecule has 66 valence electrons. The second kappa shape index (κ2) is 2.28. The lowest BCUT2D eigenvalue weighted by molar-refractivity contribution is 0.435. The number of hydrogen-bond acceptors (Lipinski definition) is 2. The lowest BCUT2D eigenvalue weighted by Crippen LogP contribution is -2.04. The summed E-state index contributed by atoms with van der Waals surface area (Å²) in [5.74, 6) is 2.61. The first-order chi connectivity index (χ1) is 6.36. The van der Waals surface area contributed by atoms with E-state index in [4.69, 9.17) is 8.83 Å². The van der Waals surface area contributed by atoms with Gasteiger partial charge in [0.1, 0.15) is 11.5 Å². The molecule has 0 saturated heterocycles. The molecule has 2 heterocycles. The zero-order valence-electron chi connectivity index (χ0n) is 7.41. The first-order valence-corrected chi connectivity index (χ1v) is 4.50. The summed E-state index contributed by atoms with van der Waals surface area (Å²) in [7, 11) is 0. The van der Waals surface area contributed by atoms with Crippen LogP contribution in [0.3, 0.4) is 0 Å². The van der Waals surface area contributed by atoms with E-state index in [9.17, 15) is 0 Å². The molecule has 2 nitrogen and oxygen atoms in total. The molecule has 0 bridgehead atoms. The summed E-state index contributed by atoms with van der Waals surface area (Å²) in [6.07, 6.45) is 4.45. The van der Waals surface area contributed by atoms with Gasteiger partial charge in [-0.3, -0.25) is 0 Å². The maximum absolute atomic E-state index is 5.45. The third-order valence-electron chi connectivity index (χ3n) is 2.67. The van der Waals surface area contributed by atoms with Crippen molar-refractivity contribution in [1.29, 1.82) is 0 Å². The van der Waals surface area contributed by atoms with Gasteiger partial charge in [0.15, 0.2) is 0 Å². The van der Waals surface area contributed by atoms with E-state index in [2.05, 4.69) is 6.92 Å². The average Bonchev–Trinajstić information content (AvgIpc) is 2.66. The predicted octanol–water partition coefficient (Wildman–Crippen LogP) is 3.20. The van der Waals surface area contributed by atoms with Gasteiger partial charge in [0.25, 0.3) is 0 Å². The summed E-state index contributed by atoms with van der Waals surface area (Å²) in [4.78, 5) is 0. The highest BCUT2D eigenvalue weighted by molar-refractivity contribution is 5.70. The van der Waals surface area contributed by atoms with Gasteiger partial charge in [0.2, 0.25) is 0 Å². The Labute approximate surface area is 76.2 Å². The molecule has 0 fully saturated rings. The third-order valence-corrected chi connectivity index (χ3v) is 2.67. The predicted molar refractivity (Wildman–Crippen MR) is 48.5 cm³/mol. The van der Waals surface area contributed by atoms with Crippen LogP contribution in [0.4, 0.5) is 0 Å². The van der Waals surface area contributed by atoms with Gasteiger partial charge in [-0.15, -0.1) is 0 Å². The van der Waals surface area contributed by atoms with E-state index in [1.54, 1.807) is 12.5 Å². The summed E-state index contributed by atoms with van der Waals surface area (Å²) < 4.78 is 10.9. The molecular weight excluding hydrogens is 164 g/mol. The van der Waals surface area contributed by atoms with E-state index < -0.39 is 0 Å². The van der Waals surface area contributed by atoms with Gasteiger partial charge in [0, 0.05) is 23.5 Å². The summed E-state index contributed by atoms with van der Waals surface area (Å²) in [6.45, 7) is 2.16. The van der Waals surface area contributed by atoms with Gasteiger partial charge in [-0.25, -0.2) is 0 Å². The molecule has 1 aliphatic rings. The normalized spacial score (nSPS) is 19.6. The number of fused-ring (bicyclic) bond motifs is 3. The molecule has 0 aliphatic heterocycles. The fourth-order valence-corrected chi connectivity index (χ4v) is 2.03. The molecule has 2 aromatic heterocycles. The molecule has 13 heavy (non-hydrogen) atoms. The zero-order valence-corrected chi connectivity index (χ0v) is 7.41. The van der Waals surface area contributed by atoms with Crippen LogP contribution in [0.25, 0.3) is 11.1 Å². The highest BCUT2D eigenvalue weighted by atomic mass is 16.3. The Balaban J connectivity index is 2.30. The van der Waals surface area contributed by atoms with Crippen molar-refractivity contribution in [3.05, 3.63) is 36.2 Å². The standard InChI is InChI=1S/C11H10O2/c1-7-6-10-8(2-4-12-10)9-3-5-13-11(7)9/h2-5,7H,6H2,1H3. The van der Waals surface area contributed by atoms with Crippen molar-refractivity contribution in [1.82, 2.24) is 0 Å². The smallest absolute Gasteiger partial charge is 0.114 e. The van der Waals surface area contributed by atoms with Crippen molar-refractivity contribution in [2.24, 2.45) is 0 Å². The summed E-state index contributed by atoms with van der Waals surface area (Å²) >= 11 is 0. The van der Waals surface area contributed by atoms with Crippen LogP contribution in [-0.2, 0) is 6.42 Å². The van der Waals surface area contributed by atoms with Gasteiger partial charge in [-0.05, 0) is 12.1 Å². The van der Waals surface area contributed by atoms with E-state index in [0.717, 1.165) is 17.9 Å². The minimum atomic E-state index is 0.434. The molecule has 2 heteroatoms. The highest BCUT2D eigenvalue weighted by Gasteiger charge is 2.26. The van der Waals surface area contributed by atoms with E-state index in [1.807, 2.05) is 12.1 Å². The first-order valence-electron chi connectivity index (χ1n) is 4.50. The van der Waals surface area contributed by atoms with E-state index in [-0.39, 0.29) is 0 Å². The van der Waals surface area contributed by atoms with Gasteiger partial charge in [0.05, 0.1) is 12.5 Å². The van der Waals surface area contributed by atoms with Crippen molar-refractivity contribution in [3.63, 3.8) is 0 Å². The molecule has 0 saturated carbocycles. The van der Waals surface area contributed by atoms with Gasteiger partial charge >= 0.3 is 0 Å². The van der Waals surface area contributed by atoms with Crippen LogP contribution in [0.15, 0.2) is 33.5 Å². The van der Waals surface area contributed by atoms with Crippen molar-refractivity contribution in [3.8, 4) is 11.1 Å². The summed E-state index contributed by atoms with van der Waals surface area (Å²) in [5.41, 5.74) is 2.39. The largest absolute Gasteiger partial charge is 0.469 e. The van der Waals surface area contributed by atoms with Crippen LogP contribution < -0.4 is 0 Å². The highest BCUT2D eigenvalue weighted by Crippen LogP contribution is 2.40. The molecule has 1 unspecified atom stereocenters. The monoisotopic (exact) mass is 174 g/mol. The van der Waals surface area contributed by atoms with Gasteiger partial charge < -0.3 is 8.83 Å². The maximum Gasteiger partial charge on any atom is 0.114 e. The van der Waals surface area contributed by atoms with Crippen molar-refractivity contribution in [2.45, 2.75) is 19.3 Å². The lowest BCUT2D eigenvalue weighted by Gasteiger charge is -2.15. The van der Waals surface area contributed by atoms with Crippen LogP contribution in [0, 0.1) is 0 Å². The topological polar surface area (TPSA) is 26.3 Å². The van der Waals surface area contributed by atoms with E-state index in [0.29, 0.717) is 5.92 Å². The Hall–Kier alpha value is -1.44. The van der Waals surface area contributed by atoms with Crippen molar-refractivity contribution in [2.75, 3.05) is 0 Å². The van der Waals surface area contributed by atoms with Gasteiger partial charge in [-0.1, -0.05) is 6.92 Å². The molecule has 0 aromatic carbocycles. The fraction of sp³-hybridized carbons (Fsp3) is 0.273. The molecule has 0 radical (unpaired) electrons. The van der Waals surface area contributed by atoms with E-state index in [1.165, 1.54) is 11.1 Å². The molecule has 0 spiro atoms. The quantitative estimate of drug-likeness (QED) is 0.613. The Kier molecular flexibility index (Phi) is 1.23. The minimum Gasteiger partial charge on any atom is -0.469 e. The lowest BCUT2D eigenvalue weighted by atomic mass is 9.89. The average molecular weight is 174 g/mol. The third kappa shape index (κ3) is 0.829. The summed E-state index contributed by atoms with van der Waals surface area (Å²) in [6, 6.07) is 4.02. The molecular formula is C11H10O2. The Morgan fingerprint density at radius 1 is 1.15 bits per heavy atom. The van der Waals surface area contributed by atoms with E-state index >= 15 is 0 Å². The second-order valence-corrected chi connectivity index (χ2v) is 3.56. The number of rotatable bonds is 0. The SMILES string of the molecule is CC1Cc2occc2-c2ccoc21. The van der Waals surface area contributed by atoms with Crippen molar-refractivity contribution < 1.29 is 8.83 Å².